The minimum absolute atomic E-state index is 0.118. The summed E-state index contributed by atoms with van der Waals surface area (Å²) >= 11 is 0. The van der Waals surface area contributed by atoms with Crippen LogP contribution in [0.15, 0.2) is 55.2 Å². The number of nitrogens with zero attached hydrogens (tertiary/aromatic N) is 5. The zero-order valence-electron chi connectivity index (χ0n) is 20.1. The lowest BCUT2D eigenvalue weighted by atomic mass is 9.99. The van der Waals surface area contributed by atoms with Crippen molar-refractivity contribution in [1.82, 2.24) is 24.7 Å². The van der Waals surface area contributed by atoms with Gasteiger partial charge in [0.25, 0.3) is 5.91 Å². The van der Waals surface area contributed by atoms with Crippen LogP contribution in [0.1, 0.15) is 29.8 Å². The number of morpholine rings is 1. The largest absolute Gasteiger partial charge is 0.388 e. The summed E-state index contributed by atoms with van der Waals surface area (Å²) in [5.41, 5.74) is 4.88. The number of ether oxygens (including phenoxy) is 1. The summed E-state index contributed by atoms with van der Waals surface area (Å²) in [7, 11) is 0. The lowest BCUT2D eigenvalue weighted by molar-refractivity contribution is -0.0928. The van der Waals surface area contributed by atoms with Gasteiger partial charge in [-0.1, -0.05) is 6.07 Å². The zero-order chi connectivity index (χ0) is 24.9. The van der Waals surface area contributed by atoms with E-state index in [2.05, 4.69) is 30.5 Å². The Bertz CT molecular complexity index is 1440. The van der Waals surface area contributed by atoms with Crippen LogP contribution < -0.4 is 15.5 Å². The van der Waals surface area contributed by atoms with Crippen LogP contribution in [0, 0.1) is 0 Å². The molecule has 2 aliphatic rings. The minimum Gasteiger partial charge on any atom is -0.388 e. The number of hydrogen-bond acceptors (Lipinski definition) is 8. The molecular formula is C26H27N7O3. The summed E-state index contributed by atoms with van der Waals surface area (Å²) in [6.07, 6.45) is 8.62. The highest BCUT2D eigenvalue weighted by Crippen LogP contribution is 2.35. The molecule has 10 nitrogen and oxygen atoms in total. The fourth-order valence-electron chi connectivity index (χ4n) is 4.83. The number of anilines is 3. The van der Waals surface area contributed by atoms with Gasteiger partial charge < -0.3 is 25.4 Å². The first-order valence-electron chi connectivity index (χ1n) is 11.9. The Kier molecular flexibility index (Phi) is 5.35. The zero-order valence-corrected chi connectivity index (χ0v) is 20.1. The van der Waals surface area contributed by atoms with Crippen LogP contribution in [-0.4, -0.2) is 61.8 Å². The highest BCUT2D eigenvalue weighted by molar-refractivity contribution is 6.06. The van der Waals surface area contributed by atoms with Gasteiger partial charge in [0.2, 0.25) is 0 Å². The van der Waals surface area contributed by atoms with Gasteiger partial charge in [0.1, 0.15) is 11.9 Å². The van der Waals surface area contributed by atoms with E-state index < -0.39 is 5.60 Å². The van der Waals surface area contributed by atoms with Gasteiger partial charge >= 0.3 is 0 Å². The molecule has 1 amide bonds. The van der Waals surface area contributed by atoms with Crippen molar-refractivity contribution in [2.45, 2.75) is 32.1 Å². The standard InChI is InChI=1S/C26H27N7O3/c1-26(2,35)21-15-32(9-10-36-21)16-3-6-22(28-11-16)31-19-5-4-17(18-12-30-25(34)24(18)19)20-13-29-23-14-27-7-8-33(20)23/h3-8,11,13-14,21,35H,9-10,12,15H2,1-2H3,(H,28,31)(H,30,34)/t21-/m1/s1. The smallest absolute Gasteiger partial charge is 0.254 e. The molecule has 0 bridgehead atoms. The van der Waals surface area contributed by atoms with E-state index in [1.165, 1.54) is 0 Å². The molecule has 1 aromatic carbocycles. The van der Waals surface area contributed by atoms with Crippen molar-refractivity contribution in [3.63, 3.8) is 0 Å². The van der Waals surface area contributed by atoms with Crippen LogP contribution in [0.3, 0.4) is 0 Å². The summed E-state index contributed by atoms with van der Waals surface area (Å²) < 4.78 is 7.70. The molecule has 1 saturated heterocycles. The molecule has 0 saturated carbocycles. The first-order valence-corrected chi connectivity index (χ1v) is 11.9. The van der Waals surface area contributed by atoms with Crippen molar-refractivity contribution in [2.24, 2.45) is 0 Å². The number of pyridine rings is 1. The summed E-state index contributed by atoms with van der Waals surface area (Å²) in [4.78, 5) is 28.1. The monoisotopic (exact) mass is 485 g/mol. The van der Waals surface area contributed by atoms with Crippen LogP contribution in [0.5, 0.6) is 0 Å². The molecule has 6 rings (SSSR count). The number of fused-ring (bicyclic) bond motifs is 2. The van der Waals surface area contributed by atoms with E-state index >= 15 is 0 Å². The summed E-state index contributed by atoms with van der Waals surface area (Å²) in [6, 6.07) is 7.80. The Balaban J connectivity index is 1.27. The van der Waals surface area contributed by atoms with E-state index in [1.807, 2.05) is 34.9 Å². The van der Waals surface area contributed by atoms with E-state index in [0.29, 0.717) is 36.8 Å². The Morgan fingerprint density at radius 2 is 2.06 bits per heavy atom. The predicted octanol–water partition coefficient (Wildman–Crippen LogP) is 2.75. The number of hydrogen-bond donors (Lipinski definition) is 3. The Morgan fingerprint density at radius 1 is 1.17 bits per heavy atom. The summed E-state index contributed by atoms with van der Waals surface area (Å²) in [5, 5.41) is 16.6. The van der Waals surface area contributed by atoms with Crippen molar-refractivity contribution in [1.29, 1.82) is 0 Å². The first kappa shape index (κ1) is 22.4. The lowest BCUT2D eigenvalue weighted by Gasteiger charge is -2.39. The average molecular weight is 486 g/mol. The van der Waals surface area contributed by atoms with Gasteiger partial charge in [-0.05, 0) is 37.6 Å². The fraction of sp³-hybridized carbons (Fsp3) is 0.308. The molecule has 184 valence electrons. The number of carbonyl (C=O) groups excluding carboxylic acids is 1. The maximum atomic E-state index is 12.8. The van der Waals surface area contributed by atoms with Gasteiger partial charge in [-0.25, -0.2) is 9.97 Å². The summed E-state index contributed by atoms with van der Waals surface area (Å²) in [6.45, 7) is 5.84. The topological polar surface area (TPSA) is 117 Å². The molecule has 1 atom stereocenters. The number of benzene rings is 1. The van der Waals surface area contributed by atoms with Gasteiger partial charge in [-0.2, -0.15) is 0 Å². The van der Waals surface area contributed by atoms with Crippen molar-refractivity contribution in [2.75, 3.05) is 29.9 Å². The van der Waals surface area contributed by atoms with Crippen LogP contribution in [0.2, 0.25) is 0 Å². The second kappa shape index (κ2) is 8.58. The molecule has 0 unspecified atom stereocenters. The third-order valence-electron chi connectivity index (χ3n) is 6.79. The van der Waals surface area contributed by atoms with Crippen molar-refractivity contribution in [3.05, 3.63) is 66.4 Å². The van der Waals surface area contributed by atoms with Crippen molar-refractivity contribution >= 4 is 28.7 Å². The Labute approximate surface area is 208 Å². The number of carbonyl (C=O) groups is 1. The number of rotatable bonds is 5. The highest BCUT2D eigenvalue weighted by atomic mass is 16.5. The van der Waals surface area contributed by atoms with E-state index in [4.69, 9.17) is 4.74 Å². The lowest BCUT2D eigenvalue weighted by Crippen LogP contribution is -2.52. The molecule has 0 radical (unpaired) electrons. The van der Waals surface area contributed by atoms with Crippen LogP contribution in [0.25, 0.3) is 16.9 Å². The second-order valence-corrected chi connectivity index (χ2v) is 9.63. The number of amides is 1. The summed E-state index contributed by atoms with van der Waals surface area (Å²) in [5.74, 6) is 0.522. The Hall–Kier alpha value is -4.02. The molecule has 0 spiro atoms. The average Bonchev–Trinajstić information content (AvgIpc) is 3.49. The highest BCUT2D eigenvalue weighted by Gasteiger charge is 2.33. The van der Waals surface area contributed by atoms with E-state index in [0.717, 1.165) is 34.7 Å². The number of nitrogens with one attached hydrogen (secondary N) is 2. The maximum absolute atomic E-state index is 12.8. The van der Waals surface area contributed by atoms with E-state index in [1.54, 1.807) is 38.6 Å². The molecule has 5 heterocycles. The van der Waals surface area contributed by atoms with Crippen molar-refractivity contribution in [3.8, 4) is 11.3 Å². The third-order valence-corrected chi connectivity index (χ3v) is 6.79. The molecule has 3 aromatic heterocycles. The van der Waals surface area contributed by atoms with Gasteiger partial charge in [0, 0.05) is 37.6 Å². The predicted molar refractivity (Wildman–Crippen MR) is 135 cm³/mol. The first-order chi connectivity index (χ1) is 17.4. The number of imidazole rings is 1. The molecule has 4 aromatic rings. The third kappa shape index (κ3) is 3.94. The van der Waals surface area contributed by atoms with Gasteiger partial charge in [0.05, 0.1) is 53.4 Å². The van der Waals surface area contributed by atoms with Gasteiger partial charge in [-0.3, -0.25) is 14.2 Å². The molecular weight excluding hydrogens is 458 g/mol. The molecule has 3 N–H and O–H groups in total. The second-order valence-electron chi connectivity index (χ2n) is 9.63. The van der Waals surface area contributed by atoms with Crippen LogP contribution in [-0.2, 0) is 11.3 Å². The van der Waals surface area contributed by atoms with Crippen LogP contribution in [0.4, 0.5) is 17.2 Å². The van der Waals surface area contributed by atoms with Crippen molar-refractivity contribution < 1.29 is 14.6 Å². The van der Waals surface area contributed by atoms with E-state index in [-0.39, 0.29) is 12.0 Å². The Morgan fingerprint density at radius 3 is 2.86 bits per heavy atom. The van der Waals surface area contributed by atoms with Gasteiger partial charge in [0.15, 0.2) is 5.65 Å². The minimum atomic E-state index is -0.916. The molecule has 1 fully saturated rings. The molecule has 36 heavy (non-hydrogen) atoms. The number of aromatic nitrogens is 4. The van der Waals surface area contributed by atoms with E-state index in [9.17, 15) is 9.90 Å². The number of aliphatic hydroxyl groups is 1. The molecule has 0 aliphatic carbocycles. The fourth-order valence-corrected chi connectivity index (χ4v) is 4.83. The maximum Gasteiger partial charge on any atom is 0.254 e. The van der Waals surface area contributed by atoms with Gasteiger partial charge in [-0.15, -0.1) is 0 Å². The molecule has 10 heteroatoms. The van der Waals surface area contributed by atoms with Crippen LogP contribution >= 0.6 is 0 Å². The normalized spacial score (nSPS) is 17.8. The SMILES string of the molecule is CC(C)(O)[C@H]1CN(c2ccc(Nc3ccc(-c4cnc5cnccn45)c4c3C(=O)NC4)nc2)CCO1. The molecule has 2 aliphatic heterocycles. The quantitative estimate of drug-likeness (QED) is 0.395.